The maximum absolute atomic E-state index is 13.4. The zero-order chi connectivity index (χ0) is 20.1. The molecule has 28 heavy (non-hydrogen) atoms. The van der Waals surface area contributed by atoms with Gasteiger partial charge in [-0.25, -0.2) is 8.78 Å². The first-order valence-corrected chi connectivity index (χ1v) is 10.6. The summed E-state index contributed by atoms with van der Waals surface area (Å²) in [6.45, 7) is 2.12. The van der Waals surface area contributed by atoms with Gasteiger partial charge < -0.3 is 10.4 Å². The molecule has 1 aliphatic carbocycles. The van der Waals surface area contributed by atoms with Gasteiger partial charge >= 0.3 is 0 Å². The lowest BCUT2D eigenvalue weighted by Crippen LogP contribution is -2.19. The SMILES string of the molecule is CCCc1ccc(C(=O)Nc2ccc(F)c(F)c2)cc1SC1CCC(O)CC1. The van der Waals surface area contributed by atoms with Crippen LogP contribution in [0.5, 0.6) is 0 Å². The lowest BCUT2D eigenvalue weighted by atomic mass is 9.97. The van der Waals surface area contributed by atoms with E-state index in [-0.39, 0.29) is 17.7 Å². The first-order chi connectivity index (χ1) is 13.5. The molecular formula is C22H25F2NO2S. The number of amides is 1. The van der Waals surface area contributed by atoms with E-state index >= 15 is 0 Å². The average Bonchev–Trinajstić information content (AvgIpc) is 2.68. The van der Waals surface area contributed by atoms with Crippen LogP contribution >= 0.6 is 11.8 Å². The monoisotopic (exact) mass is 405 g/mol. The number of aliphatic hydroxyl groups excluding tert-OH is 1. The highest BCUT2D eigenvalue weighted by molar-refractivity contribution is 8.00. The van der Waals surface area contributed by atoms with Crippen molar-refractivity contribution in [1.82, 2.24) is 0 Å². The molecular weight excluding hydrogens is 380 g/mol. The van der Waals surface area contributed by atoms with Crippen LogP contribution in [0, 0.1) is 11.6 Å². The van der Waals surface area contributed by atoms with Crippen molar-refractivity contribution in [3.8, 4) is 0 Å². The van der Waals surface area contributed by atoms with Gasteiger partial charge in [-0.1, -0.05) is 19.4 Å². The summed E-state index contributed by atoms with van der Waals surface area (Å²) in [6.07, 6.45) is 5.31. The third kappa shape index (κ3) is 5.32. The Morgan fingerprint density at radius 1 is 1.11 bits per heavy atom. The lowest BCUT2D eigenvalue weighted by Gasteiger charge is -2.25. The van der Waals surface area contributed by atoms with Gasteiger partial charge in [0.1, 0.15) is 0 Å². The van der Waals surface area contributed by atoms with Crippen molar-refractivity contribution in [2.75, 3.05) is 5.32 Å². The fourth-order valence-corrected chi connectivity index (χ4v) is 4.78. The van der Waals surface area contributed by atoms with Crippen LogP contribution in [-0.2, 0) is 6.42 Å². The molecule has 0 atom stereocenters. The van der Waals surface area contributed by atoms with E-state index < -0.39 is 11.6 Å². The van der Waals surface area contributed by atoms with E-state index in [9.17, 15) is 18.7 Å². The van der Waals surface area contributed by atoms with Crippen molar-refractivity contribution >= 4 is 23.4 Å². The number of nitrogens with one attached hydrogen (secondary N) is 1. The zero-order valence-electron chi connectivity index (χ0n) is 15.9. The van der Waals surface area contributed by atoms with Crippen molar-refractivity contribution in [3.05, 3.63) is 59.2 Å². The Labute approximate surface area is 168 Å². The fraction of sp³-hybridized carbons (Fsp3) is 0.409. The van der Waals surface area contributed by atoms with Crippen LogP contribution in [0.4, 0.5) is 14.5 Å². The van der Waals surface area contributed by atoms with Crippen LogP contribution in [0.3, 0.4) is 0 Å². The highest BCUT2D eigenvalue weighted by Crippen LogP contribution is 2.36. The van der Waals surface area contributed by atoms with Gasteiger partial charge in [0.15, 0.2) is 11.6 Å². The summed E-state index contributed by atoms with van der Waals surface area (Å²) in [5, 5.41) is 12.8. The largest absolute Gasteiger partial charge is 0.393 e. The summed E-state index contributed by atoms with van der Waals surface area (Å²) in [4.78, 5) is 13.7. The van der Waals surface area contributed by atoms with Gasteiger partial charge in [-0.2, -0.15) is 0 Å². The molecule has 2 aromatic rings. The Morgan fingerprint density at radius 3 is 2.54 bits per heavy atom. The quantitative estimate of drug-likeness (QED) is 0.661. The number of thioether (sulfide) groups is 1. The number of rotatable bonds is 6. The van der Waals surface area contributed by atoms with Gasteiger partial charge in [0, 0.05) is 27.5 Å². The lowest BCUT2D eigenvalue weighted by molar-refractivity contribution is 0.102. The van der Waals surface area contributed by atoms with Crippen LogP contribution in [0.1, 0.15) is 54.9 Å². The minimum Gasteiger partial charge on any atom is -0.393 e. The molecule has 0 aromatic heterocycles. The Balaban J connectivity index is 1.76. The average molecular weight is 406 g/mol. The second-order valence-electron chi connectivity index (χ2n) is 7.20. The van der Waals surface area contributed by atoms with Crippen LogP contribution < -0.4 is 5.32 Å². The number of aryl methyl sites for hydroxylation is 1. The van der Waals surface area contributed by atoms with E-state index in [4.69, 9.17) is 0 Å². The number of carbonyl (C=O) groups excluding carboxylic acids is 1. The number of halogens is 2. The molecule has 3 rings (SSSR count). The first kappa shape index (κ1) is 20.8. The molecule has 150 valence electrons. The van der Waals surface area contributed by atoms with E-state index in [0.717, 1.165) is 55.6 Å². The second-order valence-corrected chi connectivity index (χ2v) is 8.55. The number of benzene rings is 2. The minimum absolute atomic E-state index is 0.194. The van der Waals surface area contributed by atoms with Crippen molar-refractivity contribution in [2.45, 2.75) is 61.7 Å². The highest BCUT2D eigenvalue weighted by Gasteiger charge is 2.21. The topological polar surface area (TPSA) is 49.3 Å². The molecule has 0 radical (unpaired) electrons. The molecule has 0 heterocycles. The van der Waals surface area contributed by atoms with Gasteiger partial charge in [0.05, 0.1) is 6.10 Å². The molecule has 2 aromatic carbocycles. The first-order valence-electron chi connectivity index (χ1n) is 9.70. The third-order valence-electron chi connectivity index (χ3n) is 4.96. The Morgan fingerprint density at radius 2 is 1.86 bits per heavy atom. The van der Waals surface area contributed by atoms with Crippen LogP contribution in [0.15, 0.2) is 41.3 Å². The molecule has 6 heteroatoms. The molecule has 1 aliphatic rings. The number of aliphatic hydroxyl groups is 1. The van der Waals surface area contributed by atoms with Crippen molar-refractivity contribution < 1.29 is 18.7 Å². The summed E-state index contributed by atoms with van der Waals surface area (Å²) < 4.78 is 26.4. The Bertz CT molecular complexity index is 835. The van der Waals surface area contributed by atoms with Crippen LogP contribution in [-0.4, -0.2) is 22.4 Å². The third-order valence-corrected chi connectivity index (χ3v) is 6.40. The van der Waals surface area contributed by atoms with Crippen LogP contribution in [0.2, 0.25) is 0 Å². The molecule has 1 amide bonds. The van der Waals surface area contributed by atoms with E-state index in [0.29, 0.717) is 10.8 Å². The van der Waals surface area contributed by atoms with Gasteiger partial charge in [-0.05, 0) is 61.9 Å². The van der Waals surface area contributed by atoms with Gasteiger partial charge in [0.2, 0.25) is 0 Å². The molecule has 0 saturated heterocycles. The van der Waals surface area contributed by atoms with Crippen molar-refractivity contribution in [2.24, 2.45) is 0 Å². The Kier molecular flexibility index (Phi) is 7.08. The van der Waals surface area contributed by atoms with Gasteiger partial charge in [0.25, 0.3) is 5.91 Å². The normalized spacial score (nSPS) is 19.4. The van der Waals surface area contributed by atoms with E-state index in [1.165, 1.54) is 11.6 Å². The minimum atomic E-state index is -0.994. The van der Waals surface area contributed by atoms with E-state index in [2.05, 4.69) is 12.2 Å². The predicted molar refractivity (Wildman–Crippen MR) is 109 cm³/mol. The maximum atomic E-state index is 13.4. The zero-order valence-corrected chi connectivity index (χ0v) is 16.7. The van der Waals surface area contributed by atoms with Gasteiger partial charge in [-0.15, -0.1) is 11.8 Å². The standard InChI is InChI=1S/C22H25F2NO2S/c1-2-3-14-4-5-15(12-21(14)28-18-9-7-17(26)8-10-18)22(27)25-16-6-11-19(23)20(24)13-16/h4-6,11-13,17-18,26H,2-3,7-10H2,1H3,(H,25,27). The molecule has 1 saturated carbocycles. The molecule has 0 spiro atoms. The molecule has 2 N–H and O–H groups in total. The highest BCUT2D eigenvalue weighted by atomic mass is 32.2. The van der Waals surface area contributed by atoms with E-state index in [1.54, 1.807) is 17.8 Å². The second kappa shape index (κ2) is 9.52. The number of hydrogen-bond acceptors (Lipinski definition) is 3. The van der Waals surface area contributed by atoms with E-state index in [1.807, 2.05) is 12.1 Å². The van der Waals surface area contributed by atoms with Crippen molar-refractivity contribution in [1.29, 1.82) is 0 Å². The number of anilines is 1. The molecule has 1 fully saturated rings. The maximum Gasteiger partial charge on any atom is 0.255 e. The molecule has 0 aliphatic heterocycles. The van der Waals surface area contributed by atoms with Crippen molar-refractivity contribution in [3.63, 3.8) is 0 Å². The summed E-state index contributed by atoms with van der Waals surface area (Å²) in [5.74, 6) is -2.29. The number of carbonyl (C=O) groups is 1. The Hall–Kier alpha value is -1.92. The molecule has 0 unspecified atom stereocenters. The van der Waals surface area contributed by atoms with Crippen LogP contribution in [0.25, 0.3) is 0 Å². The summed E-state index contributed by atoms with van der Waals surface area (Å²) in [6, 6.07) is 8.94. The summed E-state index contributed by atoms with van der Waals surface area (Å²) in [5.41, 5.74) is 1.92. The summed E-state index contributed by atoms with van der Waals surface area (Å²) in [7, 11) is 0. The van der Waals surface area contributed by atoms with Gasteiger partial charge in [-0.3, -0.25) is 4.79 Å². The predicted octanol–water partition coefficient (Wildman–Crippen LogP) is 5.57. The molecule has 0 bridgehead atoms. The molecule has 3 nitrogen and oxygen atoms in total. The smallest absolute Gasteiger partial charge is 0.255 e. The fourth-order valence-electron chi connectivity index (χ4n) is 3.40. The summed E-state index contributed by atoms with van der Waals surface area (Å²) >= 11 is 1.77. The number of hydrogen-bond donors (Lipinski definition) is 2.